The molecular weight excluding hydrogens is 456 g/mol. The van der Waals surface area contributed by atoms with Crippen molar-refractivity contribution in [3.63, 3.8) is 0 Å². The number of rotatable bonds is 7. The zero-order chi connectivity index (χ0) is 20.2. The topological polar surface area (TPSA) is 62.6 Å². The summed E-state index contributed by atoms with van der Waals surface area (Å²) in [5, 5.41) is 1.33. The SMILES string of the molecule is COCCCn1c(SCc2cc3c(cc2Br)OCCO3)nc2ccccc2c1=O. The summed E-state index contributed by atoms with van der Waals surface area (Å²) in [6.07, 6.45) is 0.748. The molecule has 0 aliphatic carbocycles. The Kier molecular flexibility index (Phi) is 6.42. The highest BCUT2D eigenvalue weighted by Gasteiger charge is 2.17. The third-order valence-electron chi connectivity index (χ3n) is 4.62. The van der Waals surface area contributed by atoms with Crippen LogP contribution >= 0.6 is 27.7 Å². The first-order chi connectivity index (χ1) is 14.2. The minimum absolute atomic E-state index is 0.0181. The molecule has 0 bridgehead atoms. The van der Waals surface area contributed by atoms with Crippen LogP contribution in [0.2, 0.25) is 0 Å². The number of hydrogen-bond donors (Lipinski definition) is 0. The molecule has 1 aliphatic rings. The first-order valence-corrected chi connectivity index (χ1v) is 11.1. The Morgan fingerprint density at radius 1 is 1.21 bits per heavy atom. The maximum atomic E-state index is 13.0. The lowest BCUT2D eigenvalue weighted by Gasteiger charge is -2.20. The number of aromatic nitrogens is 2. The standard InChI is InChI=1S/C21H21BrN2O4S/c1-26-8-4-7-24-20(25)15-5-2-3-6-17(15)23-21(24)29-13-14-11-18-19(12-16(14)22)28-10-9-27-18/h2-3,5-6,11-12H,4,7-10,13H2,1H3. The molecule has 2 aromatic carbocycles. The number of ether oxygens (including phenoxy) is 3. The number of methoxy groups -OCH3 is 1. The van der Waals surface area contributed by atoms with E-state index < -0.39 is 0 Å². The highest BCUT2D eigenvalue weighted by atomic mass is 79.9. The number of para-hydroxylation sites is 1. The Balaban J connectivity index is 1.64. The van der Waals surface area contributed by atoms with Gasteiger partial charge in [0.05, 0.1) is 10.9 Å². The maximum absolute atomic E-state index is 13.0. The molecule has 0 saturated heterocycles. The van der Waals surface area contributed by atoms with Gasteiger partial charge >= 0.3 is 0 Å². The third-order valence-corrected chi connectivity index (χ3v) is 6.39. The van der Waals surface area contributed by atoms with Crippen LogP contribution in [0.15, 0.2) is 50.8 Å². The molecule has 0 radical (unpaired) electrons. The predicted octanol–water partition coefficient (Wildman–Crippen LogP) is 4.26. The molecule has 6 nitrogen and oxygen atoms in total. The van der Waals surface area contributed by atoms with Gasteiger partial charge < -0.3 is 14.2 Å². The van der Waals surface area contributed by atoms with Crippen molar-refractivity contribution in [2.75, 3.05) is 26.9 Å². The fourth-order valence-corrected chi connectivity index (χ4v) is 4.85. The van der Waals surface area contributed by atoms with Gasteiger partial charge in [0.2, 0.25) is 0 Å². The number of nitrogens with zero attached hydrogens (tertiary/aromatic N) is 2. The fourth-order valence-electron chi connectivity index (χ4n) is 3.18. The van der Waals surface area contributed by atoms with Crippen molar-refractivity contribution in [3.05, 3.63) is 56.8 Å². The van der Waals surface area contributed by atoms with Gasteiger partial charge in [-0.15, -0.1) is 0 Å². The van der Waals surface area contributed by atoms with Crippen LogP contribution in [0.1, 0.15) is 12.0 Å². The van der Waals surface area contributed by atoms with E-state index in [1.54, 1.807) is 11.7 Å². The van der Waals surface area contributed by atoms with Crippen molar-refractivity contribution in [2.45, 2.75) is 23.9 Å². The predicted molar refractivity (Wildman–Crippen MR) is 117 cm³/mol. The van der Waals surface area contributed by atoms with Crippen LogP contribution in [-0.4, -0.2) is 36.5 Å². The van der Waals surface area contributed by atoms with Crippen molar-refractivity contribution < 1.29 is 14.2 Å². The number of thioether (sulfide) groups is 1. The number of halogens is 1. The van der Waals surface area contributed by atoms with Crippen LogP contribution in [0.25, 0.3) is 10.9 Å². The molecule has 0 N–H and O–H groups in total. The van der Waals surface area contributed by atoms with E-state index in [0.29, 0.717) is 48.2 Å². The largest absolute Gasteiger partial charge is 0.486 e. The lowest BCUT2D eigenvalue weighted by molar-refractivity contribution is 0.171. The Hall–Kier alpha value is -2.03. The number of fused-ring (bicyclic) bond motifs is 2. The highest BCUT2D eigenvalue weighted by Crippen LogP contribution is 2.37. The molecule has 0 fully saturated rings. The van der Waals surface area contributed by atoms with Gasteiger partial charge in [-0.3, -0.25) is 9.36 Å². The maximum Gasteiger partial charge on any atom is 0.262 e. The molecule has 1 aromatic heterocycles. The summed E-state index contributed by atoms with van der Waals surface area (Å²) in [4.78, 5) is 17.8. The fraction of sp³-hybridized carbons (Fsp3) is 0.333. The van der Waals surface area contributed by atoms with Crippen LogP contribution in [0.3, 0.4) is 0 Å². The van der Waals surface area contributed by atoms with E-state index in [4.69, 9.17) is 19.2 Å². The Labute approximate surface area is 181 Å². The molecule has 2 heterocycles. The molecule has 0 atom stereocenters. The average molecular weight is 477 g/mol. The molecule has 4 rings (SSSR count). The summed E-state index contributed by atoms with van der Waals surface area (Å²) >= 11 is 5.16. The summed E-state index contributed by atoms with van der Waals surface area (Å²) in [5.74, 6) is 2.14. The van der Waals surface area contributed by atoms with Gasteiger partial charge in [0.15, 0.2) is 16.7 Å². The van der Waals surface area contributed by atoms with Crippen molar-refractivity contribution in [1.29, 1.82) is 0 Å². The van der Waals surface area contributed by atoms with Gasteiger partial charge in [0, 0.05) is 30.5 Å². The van der Waals surface area contributed by atoms with Gasteiger partial charge in [0.25, 0.3) is 5.56 Å². The molecule has 8 heteroatoms. The van der Waals surface area contributed by atoms with Gasteiger partial charge in [0.1, 0.15) is 13.2 Å². The highest BCUT2D eigenvalue weighted by molar-refractivity contribution is 9.10. The van der Waals surface area contributed by atoms with Crippen LogP contribution < -0.4 is 15.0 Å². The number of benzene rings is 2. The molecule has 0 unspecified atom stereocenters. The summed E-state index contributed by atoms with van der Waals surface area (Å²) in [7, 11) is 1.66. The van der Waals surface area contributed by atoms with Gasteiger partial charge in [-0.1, -0.05) is 39.8 Å². The van der Waals surface area contributed by atoms with E-state index in [-0.39, 0.29) is 5.56 Å². The van der Waals surface area contributed by atoms with Crippen LogP contribution in [0, 0.1) is 0 Å². The molecule has 3 aromatic rings. The van der Waals surface area contributed by atoms with E-state index in [1.807, 2.05) is 36.4 Å². The zero-order valence-electron chi connectivity index (χ0n) is 16.0. The van der Waals surface area contributed by atoms with E-state index in [0.717, 1.165) is 28.0 Å². The lowest BCUT2D eigenvalue weighted by Crippen LogP contribution is -2.24. The quantitative estimate of drug-likeness (QED) is 0.288. The summed E-state index contributed by atoms with van der Waals surface area (Å²) in [6, 6.07) is 11.4. The minimum atomic E-state index is -0.0181. The molecule has 29 heavy (non-hydrogen) atoms. The van der Waals surface area contributed by atoms with Gasteiger partial charge in [-0.05, 0) is 36.2 Å². The second-order valence-corrected chi connectivity index (χ2v) is 8.39. The lowest BCUT2D eigenvalue weighted by atomic mass is 10.2. The zero-order valence-corrected chi connectivity index (χ0v) is 18.4. The normalized spacial score (nSPS) is 13.0. The Bertz CT molecular complexity index is 1090. The molecule has 0 spiro atoms. The first-order valence-electron chi connectivity index (χ1n) is 9.36. The second kappa shape index (κ2) is 9.19. The van der Waals surface area contributed by atoms with Crippen molar-refractivity contribution in [3.8, 4) is 11.5 Å². The van der Waals surface area contributed by atoms with E-state index in [2.05, 4.69) is 15.9 Å². The van der Waals surface area contributed by atoms with Gasteiger partial charge in [-0.2, -0.15) is 0 Å². The summed E-state index contributed by atoms with van der Waals surface area (Å²) < 4.78 is 19.2. The third kappa shape index (κ3) is 4.44. The van der Waals surface area contributed by atoms with Crippen molar-refractivity contribution in [1.82, 2.24) is 9.55 Å². The molecular formula is C21H21BrN2O4S. The second-order valence-electron chi connectivity index (χ2n) is 6.59. The van der Waals surface area contributed by atoms with Gasteiger partial charge in [-0.25, -0.2) is 4.98 Å². The Morgan fingerprint density at radius 2 is 1.97 bits per heavy atom. The summed E-state index contributed by atoms with van der Waals surface area (Å²) in [5.41, 5.74) is 1.75. The van der Waals surface area contributed by atoms with E-state index >= 15 is 0 Å². The first kappa shape index (κ1) is 20.3. The molecule has 0 saturated carbocycles. The van der Waals surface area contributed by atoms with Crippen LogP contribution in [0.5, 0.6) is 11.5 Å². The van der Waals surface area contributed by atoms with Crippen LogP contribution in [-0.2, 0) is 17.0 Å². The Morgan fingerprint density at radius 3 is 2.76 bits per heavy atom. The van der Waals surface area contributed by atoms with Crippen LogP contribution in [0.4, 0.5) is 0 Å². The van der Waals surface area contributed by atoms with E-state index in [9.17, 15) is 4.79 Å². The molecule has 152 valence electrons. The molecule has 1 aliphatic heterocycles. The minimum Gasteiger partial charge on any atom is -0.486 e. The van der Waals surface area contributed by atoms with Crippen molar-refractivity contribution >= 4 is 38.6 Å². The smallest absolute Gasteiger partial charge is 0.262 e. The number of hydrogen-bond acceptors (Lipinski definition) is 6. The monoisotopic (exact) mass is 476 g/mol. The molecule has 0 amide bonds. The summed E-state index contributed by atoms with van der Waals surface area (Å²) in [6.45, 7) is 2.26. The van der Waals surface area contributed by atoms with E-state index in [1.165, 1.54) is 11.8 Å². The van der Waals surface area contributed by atoms with Crippen molar-refractivity contribution in [2.24, 2.45) is 0 Å². The average Bonchev–Trinajstić information content (AvgIpc) is 2.74.